The van der Waals surface area contributed by atoms with Gasteiger partial charge in [0.25, 0.3) is 11.7 Å². The molecule has 1 unspecified atom stereocenters. The average molecular weight is 495 g/mol. The van der Waals surface area contributed by atoms with Gasteiger partial charge in [0.15, 0.2) is 0 Å². The third-order valence-electron chi connectivity index (χ3n) is 5.78. The first-order chi connectivity index (χ1) is 16.9. The second-order valence-corrected chi connectivity index (χ2v) is 8.16. The van der Waals surface area contributed by atoms with Crippen molar-refractivity contribution in [3.8, 4) is 17.2 Å². The van der Waals surface area contributed by atoms with E-state index < -0.39 is 23.5 Å². The van der Waals surface area contributed by atoms with Gasteiger partial charge >= 0.3 is 0 Å². The van der Waals surface area contributed by atoms with Crippen LogP contribution in [0, 0.1) is 0 Å². The lowest BCUT2D eigenvalue weighted by Gasteiger charge is -2.25. The normalized spacial score (nSPS) is 16.9. The molecular weight excluding hydrogens is 472 g/mol. The minimum Gasteiger partial charge on any atom is -0.507 e. The van der Waals surface area contributed by atoms with E-state index in [1.54, 1.807) is 49.8 Å². The Morgan fingerprint density at radius 3 is 2.34 bits per heavy atom. The van der Waals surface area contributed by atoms with Crippen LogP contribution in [0.5, 0.6) is 17.2 Å². The third-order valence-corrected chi connectivity index (χ3v) is 6.07. The Bertz CT molecular complexity index is 1290. The van der Waals surface area contributed by atoms with Gasteiger partial charge in [0.2, 0.25) is 0 Å². The number of pyridine rings is 1. The van der Waals surface area contributed by atoms with E-state index in [1.807, 2.05) is 6.07 Å². The van der Waals surface area contributed by atoms with Gasteiger partial charge in [-0.05, 0) is 35.4 Å². The van der Waals surface area contributed by atoms with Gasteiger partial charge in [0.1, 0.15) is 23.0 Å². The number of aliphatic hydroxyl groups excluding tert-OH is 1. The maximum absolute atomic E-state index is 13.3. The molecule has 1 aliphatic rings. The summed E-state index contributed by atoms with van der Waals surface area (Å²) >= 11 is 6.30. The number of rotatable bonds is 7. The second kappa shape index (κ2) is 10.1. The van der Waals surface area contributed by atoms with E-state index in [1.165, 1.54) is 31.3 Å². The molecular formula is C26H23ClN2O6. The summed E-state index contributed by atoms with van der Waals surface area (Å²) in [5.41, 5.74) is 1.44. The number of Topliss-reactive ketones (excluding diaryl/α,β-unsaturated/α-hetero) is 1. The standard InChI is InChI=1S/C26H23ClN2O6/c1-33-17-8-6-16(7-9-17)23-22(24(30)18-11-19(27)21(35-3)12-20(18)34-2)25(31)26(32)29(23)14-15-5-4-10-28-13-15/h4-13,23,30H,14H2,1-3H3/b24-22+. The molecule has 2 aromatic carbocycles. The molecule has 0 spiro atoms. The maximum atomic E-state index is 13.3. The van der Waals surface area contributed by atoms with Crippen molar-refractivity contribution in [2.24, 2.45) is 0 Å². The van der Waals surface area contributed by atoms with Crippen molar-refractivity contribution in [3.63, 3.8) is 0 Å². The van der Waals surface area contributed by atoms with E-state index in [9.17, 15) is 14.7 Å². The zero-order valence-electron chi connectivity index (χ0n) is 19.3. The fourth-order valence-electron chi connectivity index (χ4n) is 4.05. The van der Waals surface area contributed by atoms with Gasteiger partial charge in [-0.15, -0.1) is 0 Å². The number of benzene rings is 2. The van der Waals surface area contributed by atoms with Crippen molar-refractivity contribution in [2.75, 3.05) is 21.3 Å². The number of hydrogen-bond donors (Lipinski definition) is 1. The Labute approximate surface area is 207 Å². The number of hydrogen-bond acceptors (Lipinski definition) is 7. The van der Waals surface area contributed by atoms with Gasteiger partial charge in [-0.3, -0.25) is 14.6 Å². The van der Waals surface area contributed by atoms with Crippen molar-refractivity contribution >= 4 is 29.1 Å². The molecule has 0 radical (unpaired) electrons. The molecule has 0 aliphatic carbocycles. The van der Waals surface area contributed by atoms with E-state index in [0.29, 0.717) is 17.1 Å². The molecule has 1 atom stereocenters. The summed E-state index contributed by atoms with van der Waals surface area (Å²) in [6.07, 6.45) is 3.24. The van der Waals surface area contributed by atoms with Gasteiger partial charge in [-0.25, -0.2) is 0 Å². The van der Waals surface area contributed by atoms with Gasteiger partial charge in [-0.1, -0.05) is 29.8 Å². The van der Waals surface area contributed by atoms with Crippen LogP contribution in [-0.2, 0) is 16.1 Å². The van der Waals surface area contributed by atoms with Crippen LogP contribution >= 0.6 is 11.6 Å². The summed E-state index contributed by atoms with van der Waals surface area (Å²) in [5, 5.41) is 11.6. The number of amides is 1. The lowest BCUT2D eigenvalue weighted by Crippen LogP contribution is -2.29. The van der Waals surface area contributed by atoms with Gasteiger partial charge < -0.3 is 24.2 Å². The smallest absolute Gasteiger partial charge is 0.295 e. The van der Waals surface area contributed by atoms with E-state index >= 15 is 0 Å². The molecule has 3 aromatic rings. The molecule has 1 aliphatic heterocycles. The van der Waals surface area contributed by atoms with Crippen molar-refractivity contribution in [2.45, 2.75) is 12.6 Å². The van der Waals surface area contributed by atoms with E-state index in [4.69, 9.17) is 25.8 Å². The van der Waals surface area contributed by atoms with Crippen LogP contribution in [0.2, 0.25) is 5.02 Å². The number of ether oxygens (including phenoxy) is 3. The molecule has 4 rings (SSSR count). The molecule has 1 aromatic heterocycles. The van der Waals surface area contributed by atoms with E-state index in [0.717, 1.165) is 5.56 Å². The number of methoxy groups -OCH3 is 3. The molecule has 8 nitrogen and oxygen atoms in total. The highest BCUT2D eigenvalue weighted by Gasteiger charge is 2.46. The Kier molecular flexibility index (Phi) is 6.93. The first-order valence-electron chi connectivity index (χ1n) is 10.6. The summed E-state index contributed by atoms with van der Waals surface area (Å²) in [7, 11) is 4.42. The fourth-order valence-corrected chi connectivity index (χ4v) is 4.30. The third kappa shape index (κ3) is 4.52. The van der Waals surface area contributed by atoms with Crippen LogP contribution in [0.3, 0.4) is 0 Å². The Balaban J connectivity index is 1.91. The monoisotopic (exact) mass is 494 g/mol. The van der Waals surface area contributed by atoms with Gasteiger partial charge in [0.05, 0.1) is 43.5 Å². The Morgan fingerprint density at radius 1 is 1.03 bits per heavy atom. The number of halogens is 1. The molecule has 0 saturated carbocycles. The number of aliphatic hydroxyl groups is 1. The highest BCUT2D eigenvalue weighted by atomic mass is 35.5. The van der Waals surface area contributed by atoms with Crippen molar-refractivity contribution in [1.29, 1.82) is 0 Å². The van der Waals surface area contributed by atoms with Crippen LogP contribution in [0.15, 0.2) is 66.5 Å². The maximum Gasteiger partial charge on any atom is 0.295 e. The Morgan fingerprint density at radius 2 is 1.74 bits per heavy atom. The highest BCUT2D eigenvalue weighted by Crippen LogP contribution is 2.43. The number of aromatic nitrogens is 1. The van der Waals surface area contributed by atoms with Gasteiger partial charge in [0, 0.05) is 25.0 Å². The SMILES string of the molecule is COc1ccc(C2/C(=C(\O)c3cc(Cl)c(OC)cc3OC)C(=O)C(=O)N2Cc2cccnc2)cc1. The van der Waals surface area contributed by atoms with Crippen LogP contribution in [0.4, 0.5) is 0 Å². The zero-order chi connectivity index (χ0) is 25.1. The molecule has 180 valence electrons. The molecule has 35 heavy (non-hydrogen) atoms. The number of likely N-dealkylation sites (tertiary alicyclic amines) is 1. The summed E-state index contributed by atoms with van der Waals surface area (Å²) in [4.78, 5) is 32.0. The number of carbonyl (C=O) groups excluding carboxylic acids is 2. The highest BCUT2D eigenvalue weighted by molar-refractivity contribution is 6.46. The van der Waals surface area contributed by atoms with Crippen LogP contribution in [0.25, 0.3) is 5.76 Å². The van der Waals surface area contributed by atoms with Crippen molar-refractivity contribution in [1.82, 2.24) is 9.88 Å². The lowest BCUT2D eigenvalue weighted by molar-refractivity contribution is -0.140. The molecule has 1 fully saturated rings. The van der Waals surface area contributed by atoms with Crippen molar-refractivity contribution in [3.05, 3.63) is 88.2 Å². The molecule has 1 saturated heterocycles. The summed E-state index contributed by atoms with van der Waals surface area (Å²) in [6.45, 7) is 0.117. The average Bonchev–Trinajstić information content (AvgIpc) is 3.13. The van der Waals surface area contributed by atoms with Crippen molar-refractivity contribution < 1.29 is 28.9 Å². The van der Waals surface area contributed by atoms with Crippen LogP contribution < -0.4 is 14.2 Å². The van der Waals surface area contributed by atoms with Crippen LogP contribution in [-0.4, -0.2) is 48.0 Å². The summed E-state index contributed by atoms with van der Waals surface area (Å²) in [6, 6.07) is 12.6. The first-order valence-corrected chi connectivity index (χ1v) is 11.0. The number of carbonyl (C=O) groups is 2. The Hall–Kier alpha value is -4.04. The molecule has 2 heterocycles. The first kappa shape index (κ1) is 24.1. The zero-order valence-corrected chi connectivity index (χ0v) is 20.1. The minimum atomic E-state index is -0.869. The molecule has 9 heteroatoms. The minimum absolute atomic E-state index is 0.0800. The largest absolute Gasteiger partial charge is 0.507 e. The second-order valence-electron chi connectivity index (χ2n) is 7.75. The summed E-state index contributed by atoms with van der Waals surface area (Å²) < 4.78 is 15.9. The molecule has 0 bridgehead atoms. The number of ketones is 1. The topological polar surface area (TPSA) is 98.2 Å². The van der Waals surface area contributed by atoms with Crippen LogP contribution in [0.1, 0.15) is 22.7 Å². The van der Waals surface area contributed by atoms with Gasteiger partial charge in [-0.2, -0.15) is 0 Å². The predicted octanol–water partition coefficient (Wildman–Crippen LogP) is 4.38. The van der Waals surface area contributed by atoms with E-state index in [2.05, 4.69) is 4.98 Å². The number of nitrogens with zero attached hydrogens (tertiary/aromatic N) is 2. The predicted molar refractivity (Wildman–Crippen MR) is 130 cm³/mol. The van der Waals surface area contributed by atoms with E-state index in [-0.39, 0.29) is 28.5 Å². The molecule has 1 amide bonds. The lowest BCUT2D eigenvalue weighted by atomic mass is 9.94. The quantitative estimate of drug-likeness (QED) is 0.295. The fraction of sp³-hybridized carbons (Fsp3) is 0.192. The summed E-state index contributed by atoms with van der Waals surface area (Å²) in [5.74, 6) is -0.781. The molecule has 1 N–H and O–H groups in total.